The molecule has 1 unspecified atom stereocenters. The van der Waals surface area contributed by atoms with Crippen LogP contribution in [0, 0.1) is 0 Å². The second-order valence-corrected chi connectivity index (χ2v) is 2.77. The summed E-state index contributed by atoms with van der Waals surface area (Å²) in [6.45, 7) is 2.49. The molecule has 0 radical (unpaired) electrons. The summed E-state index contributed by atoms with van der Waals surface area (Å²) in [4.78, 5) is 10.3. The molecule has 1 saturated heterocycles. The molecule has 12 heavy (non-hydrogen) atoms. The smallest absolute Gasteiger partial charge is 0.275 e. The molecular formula is C9H14O3. The van der Waals surface area contributed by atoms with Gasteiger partial charge in [-0.05, 0) is 18.9 Å². The Labute approximate surface area is 72.4 Å². The number of rotatable bonds is 4. The van der Waals surface area contributed by atoms with E-state index in [-0.39, 0.29) is 0 Å². The monoisotopic (exact) mass is 170 g/mol. The summed E-state index contributed by atoms with van der Waals surface area (Å²) < 4.78 is 10.2. The van der Waals surface area contributed by atoms with E-state index in [4.69, 9.17) is 9.47 Å². The lowest BCUT2D eigenvalue weighted by atomic mass is 10.2. The third-order valence-corrected chi connectivity index (χ3v) is 1.68. The summed E-state index contributed by atoms with van der Waals surface area (Å²) in [5, 5.41) is 0. The molecule has 0 aromatic heterocycles. The van der Waals surface area contributed by atoms with Gasteiger partial charge in [-0.25, -0.2) is 0 Å². The van der Waals surface area contributed by atoms with E-state index >= 15 is 0 Å². The fourth-order valence-electron chi connectivity index (χ4n) is 0.980. The number of hydrogen-bond acceptors (Lipinski definition) is 3. The number of hydrogen-bond donors (Lipinski definition) is 0. The molecule has 0 bridgehead atoms. The molecule has 3 heteroatoms. The van der Waals surface area contributed by atoms with Crippen LogP contribution in [0.3, 0.4) is 0 Å². The van der Waals surface area contributed by atoms with Crippen LogP contribution in [0.4, 0.5) is 0 Å². The van der Waals surface area contributed by atoms with E-state index in [0.29, 0.717) is 12.6 Å². The highest BCUT2D eigenvalue weighted by Crippen LogP contribution is 2.14. The molecule has 0 spiro atoms. The van der Waals surface area contributed by atoms with Crippen LogP contribution in [0.1, 0.15) is 26.2 Å². The normalized spacial score (nSPS) is 25.1. The summed E-state index contributed by atoms with van der Waals surface area (Å²) in [5.41, 5.74) is 0. The zero-order valence-corrected chi connectivity index (χ0v) is 7.29. The van der Waals surface area contributed by atoms with Crippen molar-refractivity contribution in [3.63, 3.8) is 0 Å². The molecule has 0 aromatic rings. The molecule has 1 heterocycles. The van der Waals surface area contributed by atoms with Crippen molar-refractivity contribution < 1.29 is 14.3 Å². The average molecular weight is 170 g/mol. The Hall–Kier alpha value is -0.990. The SMILES string of the molecule is CCCCC=C1OCC(C=O)O1. The minimum absolute atomic E-state index is 0.363. The lowest BCUT2D eigenvalue weighted by molar-refractivity contribution is -0.114. The Morgan fingerprint density at radius 2 is 2.50 bits per heavy atom. The third-order valence-electron chi connectivity index (χ3n) is 1.68. The first-order valence-electron chi connectivity index (χ1n) is 4.31. The van der Waals surface area contributed by atoms with Crippen LogP contribution in [0.25, 0.3) is 0 Å². The van der Waals surface area contributed by atoms with E-state index in [9.17, 15) is 4.79 Å². The molecular weight excluding hydrogens is 156 g/mol. The number of carbonyl (C=O) groups excluding carboxylic acids is 1. The first kappa shape index (κ1) is 9.10. The number of aldehydes is 1. The van der Waals surface area contributed by atoms with Crippen LogP contribution >= 0.6 is 0 Å². The lowest BCUT2D eigenvalue weighted by Gasteiger charge is -1.97. The number of ether oxygens (including phenoxy) is 2. The topological polar surface area (TPSA) is 35.5 Å². The van der Waals surface area contributed by atoms with Gasteiger partial charge in [-0.3, -0.25) is 4.79 Å². The molecule has 1 atom stereocenters. The van der Waals surface area contributed by atoms with Gasteiger partial charge in [0.25, 0.3) is 5.95 Å². The maximum Gasteiger partial charge on any atom is 0.275 e. The summed E-state index contributed by atoms with van der Waals surface area (Å²) in [6, 6.07) is 0. The minimum atomic E-state index is -0.391. The summed E-state index contributed by atoms with van der Waals surface area (Å²) >= 11 is 0. The Morgan fingerprint density at radius 1 is 1.67 bits per heavy atom. The molecule has 3 nitrogen and oxygen atoms in total. The molecule has 0 aliphatic carbocycles. The van der Waals surface area contributed by atoms with Crippen LogP contribution in [-0.2, 0) is 14.3 Å². The lowest BCUT2D eigenvalue weighted by Crippen LogP contribution is -2.09. The van der Waals surface area contributed by atoms with Gasteiger partial charge in [0.1, 0.15) is 6.61 Å². The second-order valence-electron chi connectivity index (χ2n) is 2.77. The molecule has 1 fully saturated rings. The van der Waals surface area contributed by atoms with Gasteiger partial charge in [-0.1, -0.05) is 13.3 Å². The van der Waals surface area contributed by atoms with Gasteiger partial charge in [0.15, 0.2) is 12.4 Å². The van der Waals surface area contributed by atoms with Crippen molar-refractivity contribution >= 4 is 6.29 Å². The van der Waals surface area contributed by atoms with Crippen molar-refractivity contribution in [1.82, 2.24) is 0 Å². The van der Waals surface area contributed by atoms with Crippen molar-refractivity contribution in [2.45, 2.75) is 32.3 Å². The Bertz CT molecular complexity index is 175. The van der Waals surface area contributed by atoms with Crippen LogP contribution in [0.2, 0.25) is 0 Å². The molecule has 0 amide bonds. The van der Waals surface area contributed by atoms with E-state index in [0.717, 1.165) is 25.5 Å². The van der Waals surface area contributed by atoms with Gasteiger partial charge < -0.3 is 9.47 Å². The van der Waals surface area contributed by atoms with Crippen molar-refractivity contribution in [1.29, 1.82) is 0 Å². The molecule has 1 aliphatic rings. The third kappa shape index (κ3) is 2.57. The van der Waals surface area contributed by atoms with Crippen LogP contribution < -0.4 is 0 Å². The van der Waals surface area contributed by atoms with E-state index in [1.807, 2.05) is 6.08 Å². The van der Waals surface area contributed by atoms with E-state index < -0.39 is 6.10 Å². The van der Waals surface area contributed by atoms with Gasteiger partial charge in [0.2, 0.25) is 0 Å². The predicted octanol–water partition coefficient (Wildman–Crippen LogP) is 1.63. The van der Waals surface area contributed by atoms with Crippen LogP contribution in [-0.4, -0.2) is 19.0 Å². The first-order valence-corrected chi connectivity index (χ1v) is 4.31. The van der Waals surface area contributed by atoms with Crippen LogP contribution in [0.15, 0.2) is 12.0 Å². The Morgan fingerprint density at radius 3 is 3.08 bits per heavy atom. The predicted molar refractivity (Wildman–Crippen MR) is 44.5 cm³/mol. The zero-order valence-electron chi connectivity index (χ0n) is 7.29. The minimum Gasteiger partial charge on any atom is -0.461 e. The summed E-state index contributed by atoms with van der Waals surface area (Å²) in [7, 11) is 0. The molecule has 1 aliphatic heterocycles. The molecule has 0 N–H and O–H groups in total. The molecule has 1 rings (SSSR count). The fraction of sp³-hybridized carbons (Fsp3) is 0.667. The fourth-order valence-corrected chi connectivity index (χ4v) is 0.980. The van der Waals surface area contributed by atoms with Gasteiger partial charge in [-0.15, -0.1) is 0 Å². The largest absolute Gasteiger partial charge is 0.461 e. The molecule has 68 valence electrons. The van der Waals surface area contributed by atoms with Gasteiger partial charge in [0.05, 0.1) is 0 Å². The maximum absolute atomic E-state index is 10.3. The Kier molecular flexibility index (Phi) is 3.64. The molecule has 0 saturated carbocycles. The Balaban J connectivity index is 2.25. The van der Waals surface area contributed by atoms with Crippen molar-refractivity contribution in [3.8, 4) is 0 Å². The highest BCUT2D eigenvalue weighted by Gasteiger charge is 2.20. The number of allylic oxidation sites excluding steroid dienone is 1. The van der Waals surface area contributed by atoms with Crippen molar-refractivity contribution in [2.75, 3.05) is 6.61 Å². The quantitative estimate of drug-likeness (QED) is 0.475. The van der Waals surface area contributed by atoms with Gasteiger partial charge in [0, 0.05) is 0 Å². The van der Waals surface area contributed by atoms with E-state index in [1.54, 1.807) is 0 Å². The number of unbranched alkanes of at least 4 members (excludes halogenated alkanes) is 2. The second kappa shape index (κ2) is 4.80. The highest BCUT2D eigenvalue weighted by atomic mass is 16.7. The number of carbonyl (C=O) groups is 1. The summed E-state index contributed by atoms with van der Waals surface area (Å²) in [6.07, 6.45) is 5.51. The van der Waals surface area contributed by atoms with Gasteiger partial charge in [-0.2, -0.15) is 0 Å². The summed E-state index contributed by atoms with van der Waals surface area (Å²) in [5.74, 6) is 0.514. The first-order chi connectivity index (χ1) is 5.86. The molecule has 0 aromatic carbocycles. The van der Waals surface area contributed by atoms with E-state index in [2.05, 4.69) is 6.92 Å². The van der Waals surface area contributed by atoms with Gasteiger partial charge >= 0.3 is 0 Å². The standard InChI is InChI=1S/C9H14O3/c1-2-3-4-5-9-11-7-8(6-10)12-9/h5-6,8H,2-4,7H2,1H3. The average Bonchev–Trinajstić information content (AvgIpc) is 2.53. The van der Waals surface area contributed by atoms with Crippen molar-refractivity contribution in [3.05, 3.63) is 12.0 Å². The van der Waals surface area contributed by atoms with Crippen molar-refractivity contribution in [2.24, 2.45) is 0 Å². The van der Waals surface area contributed by atoms with E-state index in [1.165, 1.54) is 0 Å². The van der Waals surface area contributed by atoms with Crippen LogP contribution in [0.5, 0.6) is 0 Å². The maximum atomic E-state index is 10.3. The highest BCUT2D eigenvalue weighted by molar-refractivity contribution is 5.56. The zero-order chi connectivity index (χ0) is 8.81.